The number of aliphatic hydroxyl groups excluding tert-OH is 1. The van der Waals surface area contributed by atoms with E-state index in [9.17, 15) is 0 Å². The SMILES string of the molecule is NC(CO)Cc1cnc[nH]1.NCCc1cnc[nH]1.c1ccc2c(c1)OCC(C1=NCCN1)O2. The molecule has 2 atom stereocenters. The number of ether oxygens (including phenoxy) is 2. The molecule has 1 aromatic carbocycles. The average Bonchev–Trinajstić information content (AvgIpc) is 3.64. The molecule has 3 aromatic rings. The quantitative estimate of drug-likeness (QED) is 0.301. The van der Waals surface area contributed by atoms with E-state index in [1.807, 2.05) is 24.3 Å². The molecule has 0 aliphatic carbocycles. The van der Waals surface area contributed by atoms with Crippen molar-refractivity contribution in [2.75, 3.05) is 32.8 Å². The highest BCUT2D eigenvalue weighted by Crippen LogP contribution is 2.31. The summed E-state index contributed by atoms with van der Waals surface area (Å²) >= 11 is 0. The molecule has 0 saturated carbocycles. The second kappa shape index (κ2) is 13.2. The van der Waals surface area contributed by atoms with Crippen LogP contribution in [-0.2, 0) is 12.8 Å². The zero-order valence-electron chi connectivity index (χ0n) is 18.5. The number of aromatic nitrogens is 4. The Balaban J connectivity index is 0.000000149. The van der Waals surface area contributed by atoms with Crippen molar-refractivity contribution in [2.45, 2.75) is 25.0 Å². The van der Waals surface area contributed by atoms with Crippen LogP contribution in [0.5, 0.6) is 11.5 Å². The third kappa shape index (κ3) is 7.90. The van der Waals surface area contributed by atoms with Crippen molar-refractivity contribution >= 4 is 5.84 Å². The molecule has 2 unspecified atom stereocenters. The number of benzene rings is 1. The number of hydrogen-bond donors (Lipinski definition) is 6. The van der Waals surface area contributed by atoms with Crippen LogP contribution < -0.4 is 26.3 Å². The molecule has 2 aromatic heterocycles. The van der Waals surface area contributed by atoms with Gasteiger partial charge in [0.1, 0.15) is 12.4 Å². The summed E-state index contributed by atoms with van der Waals surface area (Å²) in [5.74, 6) is 2.52. The van der Waals surface area contributed by atoms with Gasteiger partial charge in [0.25, 0.3) is 0 Å². The molecule has 0 spiro atoms. The van der Waals surface area contributed by atoms with Crippen molar-refractivity contribution in [1.29, 1.82) is 0 Å². The van der Waals surface area contributed by atoms with Crippen LogP contribution in [0.15, 0.2) is 54.3 Å². The summed E-state index contributed by atoms with van der Waals surface area (Å²) in [7, 11) is 0. The first kappa shape index (κ1) is 24.2. The molecule has 11 heteroatoms. The molecule has 11 nitrogen and oxygen atoms in total. The number of aromatic amines is 2. The smallest absolute Gasteiger partial charge is 0.189 e. The predicted octanol–water partition coefficient (Wildman–Crippen LogP) is 0.0108. The molecule has 8 N–H and O–H groups in total. The molecule has 33 heavy (non-hydrogen) atoms. The highest BCUT2D eigenvalue weighted by atomic mass is 16.6. The number of H-pyrrole nitrogens is 2. The maximum absolute atomic E-state index is 8.57. The van der Waals surface area contributed by atoms with Gasteiger partial charge in [0, 0.05) is 49.2 Å². The van der Waals surface area contributed by atoms with Crippen molar-refractivity contribution in [3.8, 4) is 11.5 Å². The van der Waals surface area contributed by atoms with Crippen molar-refractivity contribution < 1.29 is 14.6 Å². The third-order valence-electron chi connectivity index (χ3n) is 4.75. The van der Waals surface area contributed by atoms with E-state index in [4.69, 9.17) is 26.0 Å². The van der Waals surface area contributed by atoms with E-state index in [-0.39, 0.29) is 18.8 Å². The van der Waals surface area contributed by atoms with E-state index in [1.54, 1.807) is 25.0 Å². The van der Waals surface area contributed by atoms with Gasteiger partial charge in [-0.1, -0.05) is 12.1 Å². The van der Waals surface area contributed by atoms with Crippen molar-refractivity contribution in [3.05, 3.63) is 60.7 Å². The van der Waals surface area contributed by atoms with Crippen LogP contribution in [0.2, 0.25) is 0 Å². The molecule has 2 aliphatic heterocycles. The van der Waals surface area contributed by atoms with E-state index >= 15 is 0 Å². The molecule has 0 radical (unpaired) electrons. The highest BCUT2D eigenvalue weighted by molar-refractivity contribution is 5.88. The Kier molecular flexibility index (Phi) is 9.70. The molecule has 5 rings (SSSR count). The Morgan fingerprint density at radius 2 is 1.82 bits per heavy atom. The summed E-state index contributed by atoms with van der Waals surface area (Å²) < 4.78 is 11.4. The number of rotatable bonds is 6. The number of aliphatic hydroxyl groups is 1. The molecule has 2 aliphatic rings. The van der Waals surface area contributed by atoms with Crippen LogP contribution >= 0.6 is 0 Å². The zero-order valence-corrected chi connectivity index (χ0v) is 18.5. The zero-order chi connectivity index (χ0) is 23.3. The van der Waals surface area contributed by atoms with Crippen molar-refractivity contribution in [2.24, 2.45) is 16.5 Å². The number of amidine groups is 1. The van der Waals surface area contributed by atoms with Crippen LogP contribution in [0.4, 0.5) is 0 Å². The van der Waals surface area contributed by atoms with Gasteiger partial charge in [0.05, 0.1) is 25.8 Å². The Bertz CT molecular complexity index is 946. The van der Waals surface area contributed by atoms with E-state index in [1.165, 1.54) is 0 Å². The van der Waals surface area contributed by atoms with Gasteiger partial charge in [0.15, 0.2) is 17.6 Å². The minimum Gasteiger partial charge on any atom is -0.485 e. The lowest BCUT2D eigenvalue weighted by Gasteiger charge is -2.26. The Labute approximate surface area is 192 Å². The normalized spacial score (nSPS) is 16.9. The Morgan fingerprint density at radius 1 is 1.09 bits per heavy atom. The average molecular weight is 457 g/mol. The lowest BCUT2D eigenvalue weighted by molar-refractivity contribution is 0.133. The van der Waals surface area contributed by atoms with Gasteiger partial charge < -0.3 is 41.3 Å². The predicted molar refractivity (Wildman–Crippen MR) is 125 cm³/mol. The van der Waals surface area contributed by atoms with Gasteiger partial charge in [-0.3, -0.25) is 4.99 Å². The highest BCUT2D eigenvalue weighted by Gasteiger charge is 2.26. The topological polar surface area (TPSA) is 172 Å². The fraction of sp³-hybridized carbons (Fsp3) is 0.409. The lowest BCUT2D eigenvalue weighted by atomic mass is 10.2. The minimum atomic E-state index is -0.180. The first-order valence-corrected chi connectivity index (χ1v) is 10.9. The first-order valence-electron chi connectivity index (χ1n) is 10.9. The minimum absolute atomic E-state index is 0.0129. The third-order valence-corrected chi connectivity index (χ3v) is 4.75. The fourth-order valence-corrected chi connectivity index (χ4v) is 3.11. The van der Waals surface area contributed by atoms with Crippen LogP contribution in [0.3, 0.4) is 0 Å². The van der Waals surface area contributed by atoms with Crippen molar-refractivity contribution in [1.82, 2.24) is 25.3 Å². The standard InChI is InChI=1S/C11H12N2O2.C6H11N3O.C5H9N3/c1-2-4-9-8(3-1)14-7-10(15-9)11-12-5-6-13-11;7-5(3-10)1-6-2-8-4-9-6;6-2-1-5-3-7-4-8-5/h1-4,10H,5-7H2,(H,12,13);2,4-5,10H,1,3,7H2,(H,8,9);3-4H,1-2,6H2,(H,7,8). The van der Waals surface area contributed by atoms with Crippen LogP contribution in [0, 0.1) is 0 Å². The fourth-order valence-electron chi connectivity index (χ4n) is 3.11. The molecular formula is C22H32N8O3. The number of nitrogens with zero attached hydrogens (tertiary/aromatic N) is 3. The van der Waals surface area contributed by atoms with Gasteiger partial charge >= 0.3 is 0 Å². The summed E-state index contributed by atoms with van der Waals surface area (Å²) in [4.78, 5) is 17.8. The van der Waals surface area contributed by atoms with Crippen molar-refractivity contribution in [3.63, 3.8) is 0 Å². The second-order valence-electron chi connectivity index (χ2n) is 7.40. The summed E-state index contributed by atoms with van der Waals surface area (Å²) in [6.45, 7) is 2.96. The number of para-hydroxylation sites is 2. The summed E-state index contributed by atoms with van der Waals surface area (Å²) in [6, 6.07) is 7.52. The second-order valence-corrected chi connectivity index (χ2v) is 7.40. The number of nitrogens with two attached hydrogens (primary N) is 2. The monoisotopic (exact) mass is 456 g/mol. The molecular weight excluding hydrogens is 424 g/mol. The van der Waals surface area contributed by atoms with E-state index in [2.05, 4.69) is 30.2 Å². The number of hydrogen-bond acceptors (Lipinski definition) is 9. The number of aliphatic imine (C=N–C) groups is 1. The lowest BCUT2D eigenvalue weighted by Crippen LogP contribution is -2.42. The molecule has 0 fully saturated rings. The van der Waals surface area contributed by atoms with Gasteiger partial charge in [-0.05, 0) is 18.7 Å². The molecule has 0 saturated heterocycles. The van der Waals surface area contributed by atoms with Crippen LogP contribution in [-0.4, -0.2) is 75.9 Å². The van der Waals surface area contributed by atoms with Crippen LogP contribution in [0.1, 0.15) is 11.4 Å². The maximum atomic E-state index is 8.57. The van der Waals surface area contributed by atoms with Gasteiger partial charge in [-0.25, -0.2) is 9.97 Å². The maximum Gasteiger partial charge on any atom is 0.189 e. The molecule has 0 bridgehead atoms. The summed E-state index contributed by atoms with van der Waals surface area (Å²) in [6.07, 6.45) is 8.20. The van der Waals surface area contributed by atoms with E-state index in [0.717, 1.165) is 48.2 Å². The first-order chi connectivity index (χ1) is 16.2. The van der Waals surface area contributed by atoms with Gasteiger partial charge in [0.2, 0.25) is 0 Å². The summed E-state index contributed by atoms with van der Waals surface area (Å²) in [5, 5.41) is 11.8. The Morgan fingerprint density at radius 3 is 2.42 bits per heavy atom. The largest absolute Gasteiger partial charge is 0.485 e. The number of nitrogens with one attached hydrogen (secondary N) is 3. The molecule has 0 amide bonds. The molecule has 4 heterocycles. The molecule has 178 valence electrons. The number of fused-ring (bicyclic) bond motifs is 1. The van der Waals surface area contributed by atoms with Crippen LogP contribution in [0.25, 0.3) is 0 Å². The number of imidazole rings is 2. The summed E-state index contributed by atoms with van der Waals surface area (Å²) in [5.41, 5.74) is 12.8. The Hall–Kier alpha value is -3.41. The van der Waals surface area contributed by atoms with E-state index in [0.29, 0.717) is 19.6 Å². The van der Waals surface area contributed by atoms with E-state index < -0.39 is 0 Å². The van der Waals surface area contributed by atoms with Gasteiger partial charge in [-0.2, -0.15) is 0 Å². The van der Waals surface area contributed by atoms with Gasteiger partial charge in [-0.15, -0.1) is 0 Å².